The molecule has 1 aromatic heterocycles. The molecule has 0 bridgehead atoms. The van der Waals surface area contributed by atoms with Crippen molar-refractivity contribution in [3.05, 3.63) is 53.1 Å². The van der Waals surface area contributed by atoms with Crippen LogP contribution in [-0.2, 0) is 0 Å². The highest BCUT2D eigenvalue weighted by atomic mass is 15.5. The molecular formula is C16H17N5. The zero-order chi connectivity index (χ0) is 15.0. The average molecular weight is 279 g/mol. The van der Waals surface area contributed by atoms with Crippen molar-refractivity contribution >= 4 is 5.69 Å². The Balaban J connectivity index is 2.25. The molecule has 0 saturated carbocycles. The van der Waals surface area contributed by atoms with Gasteiger partial charge in [0.1, 0.15) is 0 Å². The molecule has 0 amide bonds. The fourth-order valence-electron chi connectivity index (χ4n) is 2.54. The van der Waals surface area contributed by atoms with Crippen LogP contribution in [0.3, 0.4) is 0 Å². The van der Waals surface area contributed by atoms with Gasteiger partial charge in [-0.1, -0.05) is 30.3 Å². The monoisotopic (exact) mass is 279 g/mol. The van der Waals surface area contributed by atoms with E-state index in [2.05, 4.69) is 41.5 Å². The summed E-state index contributed by atoms with van der Waals surface area (Å²) in [6.45, 7) is 6.09. The summed E-state index contributed by atoms with van der Waals surface area (Å²) in [4.78, 5) is 0. The fraction of sp³-hybridized carbons (Fsp3) is 0.188. The summed E-state index contributed by atoms with van der Waals surface area (Å²) in [5, 5.41) is 12.2. The number of nitrogen functional groups attached to an aromatic ring is 1. The van der Waals surface area contributed by atoms with Crippen LogP contribution >= 0.6 is 0 Å². The number of rotatable bonds is 2. The molecule has 21 heavy (non-hydrogen) atoms. The summed E-state index contributed by atoms with van der Waals surface area (Å²) >= 11 is 0. The van der Waals surface area contributed by atoms with Gasteiger partial charge in [0.15, 0.2) is 5.82 Å². The van der Waals surface area contributed by atoms with Gasteiger partial charge in [-0.05, 0) is 54.0 Å². The predicted molar refractivity (Wildman–Crippen MR) is 83.2 cm³/mol. The minimum atomic E-state index is 0.706. The maximum atomic E-state index is 6.00. The van der Waals surface area contributed by atoms with Gasteiger partial charge in [-0.15, -0.1) is 5.10 Å². The molecule has 106 valence electrons. The third-order valence-corrected chi connectivity index (χ3v) is 3.74. The number of hydrogen-bond acceptors (Lipinski definition) is 4. The van der Waals surface area contributed by atoms with E-state index < -0.39 is 0 Å². The number of tetrazole rings is 1. The lowest BCUT2D eigenvalue weighted by Crippen LogP contribution is -2.05. The first-order chi connectivity index (χ1) is 10.1. The third kappa shape index (κ3) is 2.16. The Bertz CT molecular complexity index is 784. The summed E-state index contributed by atoms with van der Waals surface area (Å²) in [5.74, 6) is 0.706. The van der Waals surface area contributed by atoms with Crippen LogP contribution < -0.4 is 5.73 Å². The quantitative estimate of drug-likeness (QED) is 0.732. The smallest absolute Gasteiger partial charge is 0.187 e. The van der Waals surface area contributed by atoms with Crippen LogP contribution in [0.25, 0.3) is 17.1 Å². The molecule has 0 spiro atoms. The number of nitrogens with two attached hydrogens (primary N) is 1. The molecule has 5 heteroatoms. The molecular weight excluding hydrogens is 262 g/mol. The number of benzene rings is 2. The van der Waals surface area contributed by atoms with Crippen molar-refractivity contribution in [2.75, 3.05) is 5.73 Å². The van der Waals surface area contributed by atoms with Crippen LogP contribution in [0.15, 0.2) is 36.4 Å². The molecule has 3 rings (SSSR count). The summed E-state index contributed by atoms with van der Waals surface area (Å²) in [6, 6.07) is 11.9. The Morgan fingerprint density at radius 1 is 0.952 bits per heavy atom. The van der Waals surface area contributed by atoms with Gasteiger partial charge >= 0.3 is 0 Å². The summed E-state index contributed by atoms with van der Waals surface area (Å²) in [5.41, 5.74) is 11.9. The van der Waals surface area contributed by atoms with E-state index in [1.807, 2.05) is 31.2 Å². The molecule has 3 aromatic rings. The van der Waals surface area contributed by atoms with Crippen molar-refractivity contribution in [1.29, 1.82) is 0 Å². The topological polar surface area (TPSA) is 69.6 Å². The standard InChI is InChI=1S/C16H17N5/c1-10-6-4-7-11(2)15(10)21-16(18-19-20-21)13-8-5-9-14(17)12(13)3/h4-9H,17H2,1-3H3. The summed E-state index contributed by atoms with van der Waals surface area (Å²) in [7, 11) is 0. The van der Waals surface area contributed by atoms with Crippen molar-refractivity contribution in [2.45, 2.75) is 20.8 Å². The second kappa shape index (κ2) is 5.01. The van der Waals surface area contributed by atoms with E-state index in [1.54, 1.807) is 4.68 Å². The molecule has 0 aliphatic rings. The molecule has 0 aliphatic heterocycles. The van der Waals surface area contributed by atoms with E-state index in [0.29, 0.717) is 5.82 Å². The summed E-state index contributed by atoms with van der Waals surface area (Å²) in [6.07, 6.45) is 0. The van der Waals surface area contributed by atoms with Gasteiger partial charge in [0, 0.05) is 11.3 Å². The van der Waals surface area contributed by atoms with E-state index in [0.717, 1.165) is 33.6 Å². The van der Waals surface area contributed by atoms with Crippen molar-refractivity contribution in [2.24, 2.45) is 0 Å². The number of nitrogens with zero attached hydrogens (tertiary/aromatic N) is 4. The van der Waals surface area contributed by atoms with E-state index in [4.69, 9.17) is 5.73 Å². The highest BCUT2D eigenvalue weighted by Crippen LogP contribution is 2.28. The van der Waals surface area contributed by atoms with Gasteiger partial charge < -0.3 is 5.73 Å². The largest absolute Gasteiger partial charge is 0.398 e. The predicted octanol–water partition coefficient (Wildman–Crippen LogP) is 2.84. The zero-order valence-corrected chi connectivity index (χ0v) is 12.3. The van der Waals surface area contributed by atoms with Crippen molar-refractivity contribution in [1.82, 2.24) is 20.2 Å². The van der Waals surface area contributed by atoms with Crippen LogP contribution in [0.4, 0.5) is 5.69 Å². The van der Waals surface area contributed by atoms with Gasteiger partial charge in [-0.2, -0.15) is 4.68 Å². The Kier molecular flexibility index (Phi) is 3.17. The number of anilines is 1. The second-order valence-corrected chi connectivity index (χ2v) is 5.17. The Labute approximate surface area is 123 Å². The normalized spacial score (nSPS) is 10.8. The molecule has 5 nitrogen and oxygen atoms in total. The number of aryl methyl sites for hydroxylation is 2. The molecule has 2 aromatic carbocycles. The van der Waals surface area contributed by atoms with Crippen LogP contribution in [0, 0.1) is 20.8 Å². The van der Waals surface area contributed by atoms with Gasteiger partial charge in [-0.25, -0.2) is 0 Å². The minimum Gasteiger partial charge on any atom is -0.398 e. The first-order valence-corrected chi connectivity index (χ1v) is 6.80. The maximum absolute atomic E-state index is 6.00. The minimum absolute atomic E-state index is 0.706. The molecule has 0 fully saturated rings. The number of aromatic nitrogens is 4. The van der Waals surface area contributed by atoms with E-state index in [1.165, 1.54) is 0 Å². The van der Waals surface area contributed by atoms with Crippen LogP contribution in [0.1, 0.15) is 16.7 Å². The van der Waals surface area contributed by atoms with Crippen LogP contribution in [0.2, 0.25) is 0 Å². The highest BCUT2D eigenvalue weighted by Gasteiger charge is 2.16. The van der Waals surface area contributed by atoms with Crippen molar-refractivity contribution in [3.63, 3.8) is 0 Å². The summed E-state index contributed by atoms with van der Waals surface area (Å²) < 4.78 is 1.78. The van der Waals surface area contributed by atoms with Gasteiger partial charge in [0.05, 0.1) is 5.69 Å². The average Bonchev–Trinajstić information content (AvgIpc) is 2.91. The van der Waals surface area contributed by atoms with E-state index in [9.17, 15) is 0 Å². The van der Waals surface area contributed by atoms with Crippen LogP contribution in [-0.4, -0.2) is 20.2 Å². The first-order valence-electron chi connectivity index (χ1n) is 6.80. The van der Waals surface area contributed by atoms with Crippen molar-refractivity contribution in [3.8, 4) is 17.1 Å². The number of para-hydroxylation sites is 1. The third-order valence-electron chi connectivity index (χ3n) is 3.74. The number of hydrogen-bond donors (Lipinski definition) is 1. The molecule has 2 N–H and O–H groups in total. The second-order valence-electron chi connectivity index (χ2n) is 5.17. The zero-order valence-electron chi connectivity index (χ0n) is 12.3. The molecule has 0 radical (unpaired) electrons. The molecule has 1 heterocycles. The Hall–Kier alpha value is -2.69. The highest BCUT2D eigenvalue weighted by molar-refractivity contribution is 5.69. The first kappa shape index (κ1) is 13.3. The fourth-order valence-corrected chi connectivity index (χ4v) is 2.54. The molecule has 0 unspecified atom stereocenters. The van der Waals surface area contributed by atoms with Crippen LogP contribution in [0.5, 0.6) is 0 Å². The lowest BCUT2D eigenvalue weighted by Gasteiger charge is -2.12. The van der Waals surface area contributed by atoms with Gasteiger partial charge in [-0.3, -0.25) is 0 Å². The van der Waals surface area contributed by atoms with Gasteiger partial charge in [0.25, 0.3) is 0 Å². The Morgan fingerprint density at radius 3 is 2.33 bits per heavy atom. The molecule has 0 aliphatic carbocycles. The SMILES string of the molecule is Cc1cccc(C)c1-n1nnnc1-c1cccc(N)c1C. The lowest BCUT2D eigenvalue weighted by atomic mass is 10.1. The molecule has 0 atom stereocenters. The Morgan fingerprint density at radius 2 is 1.62 bits per heavy atom. The van der Waals surface area contributed by atoms with Gasteiger partial charge in [0.2, 0.25) is 0 Å². The van der Waals surface area contributed by atoms with E-state index in [-0.39, 0.29) is 0 Å². The lowest BCUT2D eigenvalue weighted by molar-refractivity contribution is 0.783. The molecule has 0 saturated heterocycles. The maximum Gasteiger partial charge on any atom is 0.187 e. The van der Waals surface area contributed by atoms with Crippen molar-refractivity contribution < 1.29 is 0 Å². The van der Waals surface area contributed by atoms with E-state index >= 15 is 0 Å².